The van der Waals surface area contributed by atoms with E-state index in [4.69, 9.17) is 4.74 Å². The number of ether oxygens (including phenoxy) is 1. The number of aryl methyl sites for hydroxylation is 1. The van der Waals surface area contributed by atoms with Crippen LogP contribution in [0, 0.1) is 6.92 Å². The Balaban J connectivity index is 1.53. The molecule has 5 nitrogen and oxygen atoms in total. The Bertz CT molecular complexity index is 665. The lowest BCUT2D eigenvalue weighted by molar-refractivity contribution is -0.138. The van der Waals surface area contributed by atoms with Crippen LogP contribution in [0.5, 0.6) is 5.75 Å². The van der Waals surface area contributed by atoms with Crippen LogP contribution in [-0.4, -0.2) is 48.1 Å². The van der Waals surface area contributed by atoms with E-state index >= 15 is 0 Å². The third kappa shape index (κ3) is 3.85. The van der Waals surface area contributed by atoms with Crippen LogP contribution in [0.2, 0.25) is 0 Å². The highest BCUT2D eigenvalue weighted by atomic mass is 16.5. The summed E-state index contributed by atoms with van der Waals surface area (Å²) in [6.45, 7) is 6.81. The van der Waals surface area contributed by atoms with Gasteiger partial charge in [-0.25, -0.2) is 4.98 Å². The number of anilines is 1. The van der Waals surface area contributed by atoms with Gasteiger partial charge in [0.2, 0.25) is 0 Å². The van der Waals surface area contributed by atoms with Gasteiger partial charge in [0.05, 0.1) is 0 Å². The van der Waals surface area contributed by atoms with Gasteiger partial charge < -0.3 is 14.5 Å². The van der Waals surface area contributed by atoms with Gasteiger partial charge in [-0.3, -0.25) is 4.79 Å². The molecule has 1 amide bonds. The molecule has 0 spiro atoms. The zero-order valence-corrected chi connectivity index (χ0v) is 14.2. The van der Waals surface area contributed by atoms with Crippen molar-refractivity contribution in [2.75, 3.05) is 31.1 Å². The molecule has 1 aliphatic heterocycles. The van der Waals surface area contributed by atoms with Crippen LogP contribution >= 0.6 is 0 Å². The lowest BCUT2D eigenvalue weighted by Gasteiger charge is -2.36. The minimum atomic E-state index is -0.478. The molecule has 1 aromatic heterocycles. The zero-order chi connectivity index (χ0) is 16.9. The fourth-order valence-corrected chi connectivity index (χ4v) is 2.83. The lowest BCUT2D eigenvalue weighted by Crippen LogP contribution is -2.52. The average Bonchev–Trinajstić information content (AvgIpc) is 2.64. The summed E-state index contributed by atoms with van der Waals surface area (Å²) in [6.07, 6.45) is 1.32. The minimum absolute atomic E-state index is 0.0382. The number of pyridine rings is 1. The number of hydrogen-bond donors (Lipinski definition) is 0. The quantitative estimate of drug-likeness (QED) is 0.866. The maximum atomic E-state index is 12.6. The molecule has 1 saturated heterocycles. The van der Waals surface area contributed by atoms with Crippen LogP contribution in [0.3, 0.4) is 0 Å². The van der Waals surface area contributed by atoms with Crippen molar-refractivity contribution in [1.29, 1.82) is 0 Å². The number of hydrogen-bond acceptors (Lipinski definition) is 4. The van der Waals surface area contributed by atoms with E-state index < -0.39 is 6.10 Å². The van der Waals surface area contributed by atoms with Crippen LogP contribution in [0.15, 0.2) is 48.7 Å². The summed E-state index contributed by atoms with van der Waals surface area (Å²) >= 11 is 0. The number of aromatic nitrogens is 1. The third-order valence-electron chi connectivity index (χ3n) is 4.25. The van der Waals surface area contributed by atoms with E-state index in [9.17, 15) is 4.79 Å². The van der Waals surface area contributed by atoms with Gasteiger partial charge in [0, 0.05) is 32.4 Å². The summed E-state index contributed by atoms with van der Waals surface area (Å²) in [5.74, 6) is 1.73. The van der Waals surface area contributed by atoms with E-state index in [1.54, 1.807) is 6.20 Å². The summed E-state index contributed by atoms with van der Waals surface area (Å²) < 4.78 is 5.78. The standard InChI is InChI=1S/C19H23N3O2/c1-15-6-8-17(9-7-15)24-16(2)19(23)22-13-11-21(12-14-22)18-5-3-4-10-20-18/h3-10,16H,11-14H2,1-2H3/t16-/m0/s1. The summed E-state index contributed by atoms with van der Waals surface area (Å²) in [5.41, 5.74) is 1.17. The van der Waals surface area contributed by atoms with E-state index in [-0.39, 0.29) is 5.91 Å². The van der Waals surface area contributed by atoms with Crippen molar-refractivity contribution in [2.24, 2.45) is 0 Å². The van der Waals surface area contributed by atoms with Crippen molar-refractivity contribution in [3.8, 4) is 5.75 Å². The molecule has 1 aliphatic rings. The predicted molar refractivity (Wildman–Crippen MR) is 94.3 cm³/mol. The topological polar surface area (TPSA) is 45.7 Å². The van der Waals surface area contributed by atoms with Crippen molar-refractivity contribution in [1.82, 2.24) is 9.88 Å². The molecule has 0 aliphatic carbocycles. The number of nitrogens with zero attached hydrogens (tertiary/aromatic N) is 3. The highest BCUT2D eigenvalue weighted by molar-refractivity contribution is 5.81. The van der Waals surface area contributed by atoms with Crippen LogP contribution in [0.25, 0.3) is 0 Å². The first-order chi connectivity index (χ1) is 11.6. The Morgan fingerprint density at radius 1 is 1.08 bits per heavy atom. The Morgan fingerprint density at radius 2 is 1.79 bits per heavy atom. The summed E-state index contributed by atoms with van der Waals surface area (Å²) in [6, 6.07) is 13.7. The molecule has 1 aromatic carbocycles. The van der Waals surface area contributed by atoms with Crippen LogP contribution in [-0.2, 0) is 4.79 Å². The SMILES string of the molecule is Cc1ccc(O[C@@H](C)C(=O)N2CCN(c3ccccn3)CC2)cc1. The molecule has 0 N–H and O–H groups in total. The van der Waals surface area contributed by atoms with Crippen LogP contribution in [0.4, 0.5) is 5.82 Å². The van der Waals surface area contributed by atoms with Gasteiger partial charge in [-0.1, -0.05) is 23.8 Å². The van der Waals surface area contributed by atoms with E-state index in [0.717, 1.165) is 24.7 Å². The van der Waals surface area contributed by atoms with Crippen LogP contribution < -0.4 is 9.64 Å². The number of benzene rings is 1. The fraction of sp³-hybridized carbons (Fsp3) is 0.368. The Labute approximate surface area is 142 Å². The first-order valence-electron chi connectivity index (χ1n) is 8.31. The van der Waals surface area contributed by atoms with Gasteiger partial charge in [-0.15, -0.1) is 0 Å². The number of carbonyl (C=O) groups is 1. The van der Waals surface area contributed by atoms with Crippen molar-refractivity contribution in [2.45, 2.75) is 20.0 Å². The molecule has 2 aromatic rings. The maximum Gasteiger partial charge on any atom is 0.263 e. The summed E-state index contributed by atoms with van der Waals surface area (Å²) in [7, 11) is 0. The second kappa shape index (κ2) is 7.34. The van der Waals surface area contributed by atoms with E-state index in [0.29, 0.717) is 13.1 Å². The molecule has 0 radical (unpaired) electrons. The van der Waals surface area contributed by atoms with Gasteiger partial charge in [-0.05, 0) is 38.1 Å². The van der Waals surface area contributed by atoms with Crippen molar-refractivity contribution < 1.29 is 9.53 Å². The fourth-order valence-electron chi connectivity index (χ4n) is 2.83. The van der Waals surface area contributed by atoms with Gasteiger partial charge >= 0.3 is 0 Å². The molecule has 0 bridgehead atoms. The Hall–Kier alpha value is -2.56. The van der Waals surface area contributed by atoms with Crippen molar-refractivity contribution in [3.05, 3.63) is 54.2 Å². The molecular weight excluding hydrogens is 302 g/mol. The van der Waals surface area contributed by atoms with E-state index in [2.05, 4.69) is 9.88 Å². The molecule has 1 fully saturated rings. The van der Waals surface area contributed by atoms with E-state index in [1.807, 2.05) is 61.2 Å². The molecule has 0 unspecified atom stereocenters. The maximum absolute atomic E-state index is 12.6. The first-order valence-corrected chi connectivity index (χ1v) is 8.31. The minimum Gasteiger partial charge on any atom is -0.481 e. The predicted octanol–water partition coefficient (Wildman–Crippen LogP) is 2.51. The lowest BCUT2D eigenvalue weighted by atomic mass is 10.2. The van der Waals surface area contributed by atoms with Crippen molar-refractivity contribution in [3.63, 3.8) is 0 Å². The molecule has 2 heterocycles. The molecule has 3 rings (SSSR count). The molecule has 5 heteroatoms. The third-order valence-corrected chi connectivity index (χ3v) is 4.25. The summed E-state index contributed by atoms with van der Waals surface area (Å²) in [5, 5.41) is 0. The normalized spacial score (nSPS) is 15.9. The zero-order valence-electron chi connectivity index (χ0n) is 14.2. The van der Waals surface area contributed by atoms with Gasteiger partial charge in [0.1, 0.15) is 11.6 Å². The second-order valence-electron chi connectivity index (χ2n) is 6.07. The number of amides is 1. The molecule has 1 atom stereocenters. The Kier molecular flexibility index (Phi) is 4.99. The highest BCUT2D eigenvalue weighted by Gasteiger charge is 2.26. The Morgan fingerprint density at radius 3 is 2.42 bits per heavy atom. The monoisotopic (exact) mass is 325 g/mol. The molecule has 0 saturated carbocycles. The smallest absolute Gasteiger partial charge is 0.263 e. The van der Waals surface area contributed by atoms with Gasteiger partial charge in [-0.2, -0.15) is 0 Å². The molecular formula is C19H23N3O2. The average molecular weight is 325 g/mol. The summed E-state index contributed by atoms with van der Waals surface area (Å²) in [4.78, 5) is 21.0. The number of carbonyl (C=O) groups excluding carboxylic acids is 1. The van der Waals surface area contributed by atoms with Crippen LogP contribution in [0.1, 0.15) is 12.5 Å². The second-order valence-corrected chi connectivity index (χ2v) is 6.07. The van der Waals surface area contributed by atoms with E-state index in [1.165, 1.54) is 5.56 Å². The number of rotatable bonds is 4. The molecule has 126 valence electrons. The first kappa shape index (κ1) is 16.3. The van der Waals surface area contributed by atoms with Gasteiger partial charge in [0.25, 0.3) is 5.91 Å². The number of piperazine rings is 1. The van der Waals surface area contributed by atoms with Crippen molar-refractivity contribution >= 4 is 11.7 Å². The van der Waals surface area contributed by atoms with Gasteiger partial charge in [0.15, 0.2) is 6.10 Å². The molecule has 24 heavy (non-hydrogen) atoms. The highest BCUT2D eigenvalue weighted by Crippen LogP contribution is 2.16. The largest absolute Gasteiger partial charge is 0.481 e.